The van der Waals surface area contributed by atoms with Crippen molar-refractivity contribution >= 4 is 6.03 Å². The molecule has 1 fully saturated rings. The van der Waals surface area contributed by atoms with E-state index in [2.05, 4.69) is 33.9 Å². The molecule has 158 valence electrons. The standard InChI is InChI=1S/C23H27N3O4/c1-16-4-2-5-19(12-16)29-14-17-8-10-26(11-9-17)13-18(27)15-30-21-7-3-6-20-22(21)25-23(28)24-20/h2-7,12,17-18,27H,8-11,13-15H2,1H3. The monoisotopic (exact) mass is 409 g/mol. The van der Waals surface area contributed by atoms with E-state index in [1.165, 1.54) is 5.56 Å². The summed E-state index contributed by atoms with van der Waals surface area (Å²) >= 11 is 0. The van der Waals surface area contributed by atoms with Crippen molar-refractivity contribution in [3.05, 3.63) is 58.7 Å². The highest BCUT2D eigenvalue weighted by Crippen LogP contribution is 2.20. The van der Waals surface area contributed by atoms with Gasteiger partial charge in [0.2, 0.25) is 0 Å². The molecule has 1 atom stereocenters. The van der Waals surface area contributed by atoms with Crippen LogP contribution < -0.4 is 20.2 Å². The molecule has 2 aliphatic heterocycles. The Kier molecular flexibility index (Phi) is 6.40. The Bertz CT molecular complexity index is 1020. The number of piperidine rings is 1. The maximum Gasteiger partial charge on any atom is 0.368 e. The van der Waals surface area contributed by atoms with Gasteiger partial charge in [-0.05, 0) is 68.6 Å². The molecule has 1 unspecified atom stereocenters. The van der Waals surface area contributed by atoms with Gasteiger partial charge < -0.3 is 19.5 Å². The molecule has 0 aliphatic carbocycles. The molecule has 1 N–H and O–H groups in total. The van der Waals surface area contributed by atoms with Crippen molar-refractivity contribution in [2.24, 2.45) is 15.9 Å². The van der Waals surface area contributed by atoms with Crippen LogP contribution in [0.1, 0.15) is 18.4 Å². The largest absolute Gasteiger partial charge is 0.493 e. The van der Waals surface area contributed by atoms with Gasteiger partial charge in [-0.15, -0.1) is 0 Å². The van der Waals surface area contributed by atoms with Gasteiger partial charge in [-0.2, -0.15) is 9.98 Å². The molecule has 0 radical (unpaired) electrons. The zero-order chi connectivity index (χ0) is 20.9. The molecule has 2 aromatic rings. The lowest BCUT2D eigenvalue weighted by Gasteiger charge is -2.33. The third-order valence-electron chi connectivity index (χ3n) is 5.48. The highest BCUT2D eigenvalue weighted by molar-refractivity contribution is 5.77. The minimum absolute atomic E-state index is 0.149. The van der Waals surface area contributed by atoms with Crippen molar-refractivity contribution < 1.29 is 19.4 Å². The van der Waals surface area contributed by atoms with Crippen LogP contribution in [0.25, 0.3) is 0 Å². The number of carbonyl (C=O) groups is 1. The summed E-state index contributed by atoms with van der Waals surface area (Å²) in [6, 6.07) is 12.8. The Balaban J connectivity index is 1.19. The number of benzene rings is 2. The summed E-state index contributed by atoms with van der Waals surface area (Å²) in [5.74, 6) is 1.94. The van der Waals surface area contributed by atoms with Gasteiger partial charge in [-0.25, -0.2) is 4.79 Å². The van der Waals surface area contributed by atoms with Crippen LogP contribution in [0.3, 0.4) is 0 Å². The van der Waals surface area contributed by atoms with E-state index in [9.17, 15) is 9.90 Å². The van der Waals surface area contributed by atoms with Crippen LogP contribution in [0.15, 0.2) is 52.4 Å². The molecule has 2 aromatic carbocycles. The first kappa shape index (κ1) is 20.5. The number of aryl methyl sites for hydroxylation is 1. The summed E-state index contributed by atoms with van der Waals surface area (Å²) in [4.78, 5) is 21.3. The minimum Gasteiger partial charge on any atom is -0.493 e. The summed E-state index contributed by atoms with van der Waals surface area (Å²) in [5.41, 5.74) is 1.20. The molecular weight excluding hydrogens is 382 g/mol. The van der Waals surface area contributed by atoms with Gasteiger partial charge in [0.15, 0.2) is 0 Å². The molecule has 7 heteroatoms. The molecular formula is C23H27N3O4. The minimum atomic E-state index is -0.616. The number of urea groups is 1. The van der Waals surface area contributed by atoms with Crippen LogP contribution in [0.5, 0.6) is 11.5 Å². The number of aliphatic hydroxyl groups is 1. The van der Waals surface area contributed by atoms with Gasteiger partial charge in [0.25, 0.3) is 0 Å². The molecule has 2 amide bonds. The fraction of sp³-hybridized carbons (Fsp3) is 0.435. The Labute approximate surface area is 175 Å². The number of carbonyl (C=O) groups excluding carboxylic acids is 1. The third-order valence-corrected chi connectivity index (χ3v) is 5.48. The Hall–Kier alpha value is -2.77. The molecule has 0 bridgehead atoms. The normalized spacial score (nSPS) is 17.7. The van der Waals surface area contributed by atoms with Crippen LogP contribution in [0.4, 0.5) is 4.79 Å². The lowest BCUT2D eigenvalue weighted by molar-refractivity contribution is 0.0500. The van der Waals surface area contributed by atoms with Crippen LogP contribution in [-0.2, 0) is 0 Å². The average Bonchev–Trinajstić information content (AvgIpc) is 3.12. The number of nitrogens with zero attached hydrogens (tertiary/aromatic N) is 3. The van der Waals surface area contributed by atoms with E-state index >= 15 is 0 Å². The number of para-hydroxylation sites is 1. The van der Waals surface area contributed by atoms with E-state index in [-0.39, 0.29) is 6.61 Å². The average molecular weight is 409 g/mol. The van der Waals surface area contributed by atoms with Gasteiger partial charge in [0, 0.05) is 6.54 Å². The topological polar surface area (TPSA) is 83.7 Å². The van der Waals surface area contributed by atoms with E-state index in [0.29, 0.717) is 28.9 Å². The van der Waals surface area contributed by atoms with Crippen LogP contribution in [0.2, 0.25) is 0 Å². The quantitative estimate of drug-likeness (QED) is 0.720. The van der Waals surface area contributed by atoms with Crippen molar-refractivity contribution in [1.29, 1.82) is 0 Å². The first-order chi connectivity index (χ1) is 14.6. The van der Waals surface area contributed by atoms with Gasteiger partial charge in [-0.1, -0.05) is 18.2 Å². The lowest BCUT2D eigenvalue weighted by Crippen LogP contribution is -2.41. The summed E-state index contributed by atoms with van der Waals surface area (Å²) in [7, 11) is 0. The second kappa shape index (κ2) is 9.36. The smallest absolute Gasteiger partial charge is 0.368 e. The highest BCUT2D eigenvalue weighted by atomic mass is 16.5. The van der Waals surface area contributed by atoms with E-state index < -0.39 is 12.1 Å². The van der Waals surface area contributed by atoms with Crippen LogP contribution in [0, 0.1) is 12.8 Å². The summed E-state index contributed by atoms with van der Waals surface area (Å²) < 4.78 is 11.7. The molecule has 1 saturated heterocycles. The second-order valence-corrected chi connectivity index (χ2v) is 7.97. The third kappa shape index (κ3) is 5.23. The van der Waals surface area contributed by atoms with E-state index in [4.69, 9.17) is 9.47 Å². The maximum atomic E-state index is 11.4. The number of amides is 2. The van der Waals surface area contributed by atoms with Crippen molar-refractivity contribution in [3.63, 3.8) is 0 Å². The maximum absolute atomic E-state index is 11.4. The van der Waals surface area contributed by atoms with E-state index in [1.54, 1.807) is 18.2 Å². The number of rotatable bonds is 8. The summed E-state index contributed by atoms with van der Waals surface area (Å²) in [5, 5.41) is 11.4. The number of aliphatic hydroxyl groups excluding tert-OH is 1. The fourth-order valence-corrected chi connectivity index (χ4v) is 3.85. The molecule has 0 saturated carbocycles. The number of ether oxygens (including phenoxy) is 2. The first-order valence-corrected chi connectivity index (χ1v) is 10.4. The molecule has 7 nitrogen and oxygen atoms in total. The SMILES string of the molecule is Cc1cccc(OCC2CCN(CC(O)COc3cccc4c3=NC(=O)N=4)CC2)c1. The Morgan fingerprint density at radius 3 is 2.73 bits per heavy atom. The number of β-amino-alcohol motifs (C(OH)–C–C–N with tert-alkyl or cyclic N) is 1. The van der Waals surface area contributed by atoms with Crippen LogP contribution >= 0.6 is 0 Å². The molecule has 4 rings (SSSR count). The molecule has 2 aliphatic rings. The predicted molar refractivity (Wildman–Crippen MR) is 111 cm³/mol. The number of hydrogen-bond acceptors (Lipinski definition) is 5. The van der Waals surface area contributed by atoms with Gasteiger partial charge in [0.05, 0.1) is 12.0 Å². The first-order valence-electron chi connectivity index (χ1n) is 10.4. The van der Waals surface area contributed by atoms with Crippen molar-refractivity contribution in [2.75, 3.05) is 32.8 Å². The number of likely N-dealkylation sites (tertiary alicyclic amines) is 1. The molecule has 0 spiro atoms. The number of hydrogen-bond donors (Lipinski definition) is 1. The number of fused-ring (bicyclic) bond motifs is 1. The van der Waals surface area contributed by atoms with Gasteiger partial charge >= 0.3 is 6.03 Å². The summed E-state index contributed by atoms with van der Waals surface area (Å²) in [6.45, 7) is 5.37. The summed E-state index contributed by atoms with van der Waals surface area (Å²) in [6.07, 6.45) is 1.48. The molecule has 2 heterocycles. The lowest BCUT2D eigenvalue weighted by atomic mass is 9.97. The molecule has 30 heavy (non-hydrogen) atoms. The zero-order valence-corrected chi connectivity index (χ0v) is 17.2. The van der Waals surface area contributed by atoms with Crippen LogP contribution in [-0.4, -0.2) is 55.0 Å². The van der Waals surface area contributed by atoms with Crippen molar-refractivity contribution in [1.82, 2.24) is 4.90 Å². The van der Waals surface area contributed by atoms with Crippen molar-refractivity contribution in [2.45, 2.75) is 25.9 Å². The highest BCUT2D eigenvalue weighted by Gasteiger charge is 2.22. The Morgan fingerprint density at radius 1 is 1.13 bits per heavy atom. The van der Waals surface area contributed by atoms with E-state index in [0.717, 1.165) is 38.3 Å². The predicted octanol–water partition coefficient (Wildman–Crippen LogP) is 1.90. The van der Waals surface area contributed by atoms with E-state index in [1.807, 2.05) is 12.1 Å². The van der Waals surface area contributed by atoms with Gasteiger partial charge in [-0.3, -0.25) is 0 Å². The molecule has 0 aromatic heterocycles. The fourth-order valence-electron chi connectivity index (χ4n) is 3.85. The van der Waals surface area contributed by atoms with Crippen molar-refractivity contribution in [3.8, 4) is 11.5 Å². The zero-order valence-electron chi connectivity index (χ0n) is 17.2. The second-order valence-electron chi connectivity index (χ2n) is 7.97. The Morgan fingerprint density at radius 2 is 1.93 bits per heavy atom. The van der Waals surface area contributed by atoms with Gasteiger partial charge in [0.1, 0.15) is 29.6 Å².